The number of guanidine groups is 1. The average Bonchev–Trinajstić information content (AvgIpc) is 3.17. The molecule has 0 amide bonds. The fourth-order valence-electron chi connectivity index (χ4n) is 3.09. The number of ether oxygens (including phenoxy) is 1. The van der Waals surface area contributed by atoms with Crippen LogP contribution < -0.4 is 10.1 Å². The summed E-state index contributed by atoms with van der Waals surface area (Å²) in [4.78, 5) is 10.9. The quantitative estimate of drug-likeness (QED) is 0.278. The molecular weight excluding hydrogens is 489 g/mol. The number of rotatable bonds is 8. The van der Waals surface area contributed by atoms with Crippen molar-refractivity contribution in [3.8, 4) is 5.75 Å². The molecule has 1 heterocycles. The van der Waals surface area contributed by atoms with Gasteiger partial charge in [-0.05, 0) is 24.1 Å². The number of likely N-dealkylation sites (N-methyl/N-ethyl adjacent to an activating group) is 1. The molecule has 0 fully saturated rings. The van der Waals surface area contributed by atoms with E-state index >= 15 is 0 Å². The Bertz CT molecular complexity index is 926. The molecule has 30 heavy (non-hydrogen) atoms. The second-order valence-corrected chi connectivity index (χ2v) is 6.89. The summed E-state index contributed by atoms with van der Waals surface area (Å²) in [6.07, 6.45) is 3.84. The maximum absolute atomic E-state index is 5.90. The molecule has 0 unspecified atom stereocenters. The van der Waals surface area contributed by atoms with Crippen molar-refractivity contribution in [1.29, 1.82) is 0 Å². The van der Waals surface area contributed by atoms with Gasteiger partial charge in [-0.1, -0.05) is 48.5 Å². The smallest absolute Gasteiger partial charge is 0.193 e. The van der Waals surface area contributed by atoms with Gasteiger partial charge in [0.25, 0.3) is 0 Å². The highest BCUT2D eigenvalue weighted by Gasteiger charge is 2.09. The van der Waals surface area contributed by atoms with Crippen molar-refractivity contribution >= 4 is 29.9 Å². The molecule has 0 saturated heterocycles. The van der Waals surface area contributed by atoms with Gasteiger partial charge in [0.1, 0.15) is 18.2 Å². The van der Waals surface area contributed by atoms with Crippen molar-refractivity contribution in [3.05, 3.63) is 83.9 Å². The van der Waals surface area contributed by atoms with Crippen LogP contribution in [-0.2, 0) is 13.1 Å². The molecule has 3 aromatic rings. The van der Waals surface area contributed by atoms with Gasteiger partial charge < -0.3 is 19.5 Å². The summed E-state index contributed by atoms with van der Waals surface area (Å²) in [5.74, 6) is 2.71. The highest BCUT2D eigenvalue weighted by Crippen LogP contribution is 2.15. The van der Waals surface area contributed by atoms with E-state index in [1.165, 1.54) is 5.56 Å². The van der Waals surface area contributed by atoms with Gasteiger partial charge in [0.15, 0.2) is 5.96 Å². The van der Waals surface area contributed by atoms with Crippen molar-refractivity contribution in [2.24, 2.45) is 4.99 Å². The molecule has 2 aromatic carbocycles. The van der Waals surface area contributed by atoms with Crippen LogP contribution in [0.25, 0.3) is 0 Å². The Hall–Kier alpha value is -2.55. The van der Waals surface area contributed by atoms with Crippen molar-refractivity contribution in [2.75, 3.05) is 27.2 Å². The molecule has 0 bridgehead atoms. The van der Waals surface area contributed by atoms with Crippen LogP contribution in [0.15, 0.2) is 72.0 Å². The summed E-state index contributed by atoms with van der Waals surface area (Å²) < 4.78 is 8.05. The van der Waals surface area contributed by atoms with Gasteiger partial charge in [-0.25, -0.2) is 4.98 Å². The number of nitrogens with zero attached hydrogens (tertiary/aromatic N) is 4. The van der Waals surface area contributed by atoms with Gasteiger partial charge in [0.05, 0.1) is 13.1 Å². The minimum atomic E-state index is 0. The molecule has 6 nitrogen and oxygen atoms in total. The van der Waals surface area contributed by atoms with Gasteiger partial charge in [-0.3, -0.25) is 4.99 Å². The SMILES string of the molecule is CN=C(NCc1nccn1Cc1ccccc1)N(C)CCOc1ccccc1C.I. The van der Waals surface area contributed by atoms with Gasteiger partial charge in [-0.15, -0.1) is 24.0 Å². The van der Waals surface area contributed by atoms with E-state index in [2.05, 4.69) is 62.0 Å². The maximum atomic E-state index is 5.90. The summed E-state index contributed by atoms with van der Waals surface area (Å²) in [5.41, 5.74) is 2.39. The lowest BCUT2D eigenvalue weighted by molar-refractivity contribution is 0.279. The molecule has 0 aliphatic carbocycles. The zero-order valence-corrected chi connectivity index (χ0v) is 20.1. The van der Waals surface area contributed by atoms with Crippen LogP contribution in [0.4, 0.5) is 0 Å². The van der Waals surface area contributed by atoms with E-state index in [9.17, 15) is 0 Å². The normalized spacial score (nSPS) is 11.0. The molecule has 1 N–H and O–H groups in total. The molecule has 160 valence electrons. The molecule has 7 heteroatoms. The summed E-state index contributed by atoms with van der Waals surface area (Å²) >= 11 is 0. The Morgan fingerprint density at radius 2 is 1.87 bits per heavy atom. The standard InChI is InChI=1S/C23H29N5O.HI/c1-19-9-7-8-12-21(19)29-16-15-27(3)23(24-2)26-17-22-25-13-14-28(22)18-20-10-5-4-6-11-20;/h4-14H,15-18H2,1-3H3,(H,24,26);1H. The van der Waals surface area contributed by atoms with E-state index < -0.39 is 0 Å². The number of imidazole rings is 1. The third-order valence-electron chi connectivity index (χ3n) is 4.75. The third-order valence-corrected chi connectivity index (χ3v) is 4.75. The number of halogens is 1. The highest BCUT2D eigenvalue weighted by atomic mass is 127. The van der Waals surface area contributed by atoms with Crippen molar-refractivity contribution in [2.45, 2.75) is 20.0 Å². The summed E-state index contributed by atoms with van der Waals surface area (Å²) in [6.45, 7) is 4.78. The summed E-state index contributed by atoms with van der Waals surface area (Å²) in [7, 11) is 3.80. The Morgan fingerprint density at radius 3 is 2.60 bits per heavy atom. The van der Waals surface area contributed by atoms with Crippen LogP contribution in [0.3, 0.4) is 0 Å². The van der Waals surface area contributed by atoms with Crippen molar-refractivity contribution in [3.63, 3.8) is 0 Å². The van der Waals surface area contributed by atoms with Crippen molar-refractivity contribution < 1.29 is 4.74 Å². The lowest BCUT2D eigenvalue weighted by Crippen LogP contribution is -2.40. The number of hydrogen-bond donors (Lipinski definition) is 1. The Morgan fingerprint density at radius 1 is 1.13 bits per heavy atom. The summed E-state index contributed by atoms with van der Waals surface area (Å²) in [6, 6.07) is 18.4. The van der Waals surface area contributed by atoms with Gasteiger partial charge in [-0.2, -0.15) is 0 Å². The van der Waals surface area contributed by atoms with Gasteiger partial charge in [0.2, 0.25) is 0 Å². The topological polar surface area (TPSA) is 54.7 Å². The van der Waals surface area contributed by atoms with E-state index in [1.54, 1.807) is 7.05 Å². The van der Waals surface area contributed by atoms with Gasteiger partial charge in [0, 0.05) is 33.0 Å². The Balaban J connectivity index is 0.00000320. The van der Waals surface area contributed by atoms with Gasteiger partial charge >= 0.3 is 0 Å². The maximum Gasteiger partial charge on any atom is 0.193 e. The largest absolute Gasteiger partial charge is 0.491 e. The number of benzene rings is 2. The molecule has 1 aromatic heterocycles. The molecule has 3 rings (SSSR count). The first kappa shape index (κ1) is 23.7. The third kappa shape index (κ3) is 6.76. The van der Waals surface area contributed by atoms with Crippen LogP contribution >= 0.6 is 24.0 Å². The first-order chi connectivity index (χ1) is 14.2. The lowest BCUT2D eigenvalue weighted by Gasteiger charge is -2.22. The van der Waals surface area contributed by atoms with E-state index in [-0.39, 0.29) is 24.0 Å². The molecule has 0 aliphatic rings. The number of para-hydroxylation sites is 1. The molecular formula is C23H30IN5O. The molecule has 0 atom stereocenters. The average molecular weight is 519 g/mol. The van der Waals surface area contributed by atoms with Crippen LogP contribution in [-0.4, -0.2) is 47.7 Å². The minimum Gasteiger partial charge on any atom is -0.491 e. The molecule has 0 saturated carbocycles. The monoisotopic (exact) mass is 519 g/mol. The van der Waals surface area contributed by atoms with Crippen molar-refractivity contribution in [1.82, 2.24) is 19.8 Å². The number of aliphatic imine (C=N–C) groups is 1. The lowest BCUT2D eigenvalue weighted by atomic mass is 10.2. The Kier molecular flexibility index (Phi) is 9.66. The molecule has 0 spiro atoms. The fourth-order valence-corrected chi connectivity index (χ4v) is 3.09. The second kappa shape index (κ2) is 12.2. The minimum absolute atomic E-state index is 0. The first-order valence-corrected chi connectivity index (χ1v) is 9.81. The van der Waals surface area contributed by atoms with E-state index in [4.69, 9.17) is 4.74 Å². The predicted molar refractivity (Wildman–Crippen MR) is 133 cm³/mol. The summed E-state index contributed by atoms with van der Waals surface area (Å²) in [5, 5.41) is 3.39. The van der Waals surface area contributed by atoms with Crippen LogP contribution in [0.2, 0.25) is 0 Å². The predicted octanol–water partition coefficient (Wildman–Crippen LogP) is 3.94. The van der Waals surface area contributed by atoms with E-state index in [0.717, 1.165) is 36.2 Å². The zero-order valence-electron chi connectivity index (χ0n) is 17.8. The van der Waals surface area contributed by atoms with Crippen LogP contribution in [0.5, 0.6) is 5.75 Å². The fraction of sp³-hybridized carbons (Fsp3) is 0.304. The number of nitrogens with one attached hydrogen (secondary N) is 1. The second-order valence-electron chi connectivity index (χ2n) is 6.89. The van der Waals surface area contributed by atoms with Crippen LogP contribution in [0, 0.1) is 6.92 Å². The van der Waals surface area contributed by atoms with Crippen LogP contribution in [0.1, 0.15) is 17.0 Å². The number of hydrogen-bond acceptors (Lipinski definition) is 3. The molecule has 0 radical (unpaired) electrons. The Labute approximate surface area is 196 Å². The number of aromatic nitrogens is 2. The molecule has 0 aliphatic heterocycles. The first-order valence-electron chi connectivity index (χ1n) is 9.81. The highest BCUT2D eigenvalue weighted by molar-refractivity contribution is 14.0. The van der Waals surface area contributed by atoms with E-state index in [0.29, 0.717) is 13.2 Å². The zero-order chi connectivity index (χ0) is 20.5. The van der Waals surface area contributed by atoms with E-state index in [1.807, 2.05) is 43.7 Å². The number of aryl methyl sites for hydroxylation is 1.